The first-order valence-corrected chi connectivity index (χ1v) is 6.43. The predicted molar refractivity (Wildman–Crippen MR) is 69.8 cm³/mol. The van der Waals surface area contributed by atoms with Gasteiger partial charge in [0.2, 0.25) is 0 Å². The van der Waals surface area contributed by atoms with Crippen LogP contribution < -0.4 is 4.74 Å². The normalized spacial score (nSPS) is 19.7. The van der Waals surface area contributed by atoms with E-state index in [4.69, 9.17) is 4.74 Å². The minimum absolute atomic E-state index is 0.182. The number of hydrogen-bond donors (Lipinski definition) is 2. The lowest BCUT2D eigenvalue weighted by molar-refractivity contribution is 0.0298. The van der Waals surface area contributed by atoms with E-state index in [0.29, 0.717) is 11.7 Å². The van der Waals surface area contributed by atoms with Gasteiger partial charge >= 0.3 is 0 Å². The summed E-state index contributed by atoms with van der Waals surface area (Å²) < 4.78 is 5.51. The zero-order chi connectivity index (χ0) is 13.0. The van der Waals surface area contributed by atoms with Gasteiger partial charge in [0.05, 0.1) is 6.10 Å². The lowest BCUT2D eigenvalue weighted by Crippen LogP contribution is -2.37. The van der Waals surface area contributed by atoms with Crippen LogP contribution in [0.1, 0.15) is 12.8 Å². The van der Waals surface area contributed by atoms with Crippen LogP contribution >= 0.6 is 0 Å². The number of phenolic OH excluding ortho intramolecular Hbond substituents is 1. The third kappa shape index (κ3) is 3.62. The molecular formula is C14H21NO3. The summed E-state index contributed by atoms with van der Waals surface area (Å²) in [5.41, 5.74) is 0. The van der Waals surface area contributed by atoms with Gasteiger partial charge in [0.25, 0.3) is 0 Å². The quantitative estimate of drug-likeness (QED) is 0.851. The number of nitrogens with zero attached hydrogens (tertiary/aromatic N) is 1. The highest BCUT2D eigenvalue weighted by atomic mass is 16.5. The van der Waals surface area contributed by atoms with Crippen LogP contribution in [0.3, 0.4) is 0 Å². The van der Waals surface area contributed by atoms with Crippen molar-refractivity contribution in [2.24, 2.45) is 5.92 Å². The van der Waals surface area contributed by atoms with E-state index >= 15 is 0 Å². The van der Waals surface area contributed by atoms with Crippen molar-refractivity contribution in [3.05, 3.63) is 24.3 Å². The molecule has 2 rings (SSSR count). The second kappa shape index (κ2) is 6.07. The van der Waals surface area contributed by atoms with Crippen LogP contribution in [0, 0.1) is 5.92 Å². The lowest BCUT2D eigenvalue weighted by Gasteiger charge is -2.31. The fraction of sp³-hybridized carbons (Fsp3) is 0.571. The van der Waals surface area contributed by atoms with Crippen molar-refractivity contribution in [1.82, 2.24) is 4.90 Å². The Hall–Kier alpha value is -1.26. The van der Waals surface area contributed by atoms with Crippen molar-refractivity contribution in [3.63, 3.8) is 0 Å². The maximum absolute atomic E-state index is 10.1. The van der Waals surface area contributed by atoms with Crippen LogP contribution in [0.15, 0.2) is 24.3 Å². The molecule has 0 spiro atoms. The molecule has 0 amide bonds. The average Bonchev–Trinajstić information content (AvgIpc) is 2.37. The Morgan fingerprint density at radius 3 is 2.78 bits per heavy atom. The number of hydrogen-bond acceptors (Lipinski definition) is 4. The van der Waals surface area contributed by atoms with Crippen molar-refractivity contribution in [3.8, 4) is 11.5 Å². The van der Waals surface area contributed by atoms with Crippen molar-refractivity contribution in [1.29, 1.82) is 0 Å². The fourth-order valence-electron chi connectivity index (χ4n) is 2.30. The predicted octanol–water partition coefficient (Wildman–Crippen LogP) is 1.47. The summed E-state index contributed by atoms with van der Waals surface area (Å²) in [6.45, 7) is 2.36. The number of piperidine rings is 1. The van der Waals surface area contributed by atoms with Crippen LogP contribution in [-0.4, -0.2) is 48.0 Å². The Bertz CT molecular complexity index is 375. The highest BCUT2D eigenvalue weighted by molar-refractivity contribution is 5.31. The summed E-state index contributed by atoms with van der Waals surface area (Å²) in [6.07, 6.45) is 1.60. The van der Waals surface area contributed by atoms with Gasteiger partial charge in [-0.05, 0) is 51.0 Å². The summed E-state index contributed by atoms with van der Waals surface area (Å²) in [5.74, 6) is 1.10. The molecule has 1 saturated heterocycles. The molecule has 1 unspecified atom stereocenters. The molecule has 0 bridgehead atoms. The smallest absolute Gasteiger partial charge is 0.123 e. The summed E-state index contributed by atoms with van der Waals surface area (Å²) >= 11 is 0. The van der Waals surface area contributed by atoms with Gasteiger partial charge in [0.15, 0.2) is 0 Å². The minimum Gasteiger partial charge on any atom is -0.508 e. The van der Waals surface area contributed by atoms with E-state index in [9.17, 15) is 10.2 Å². The molecular weight excluding hydrogens is 230 g/mol. The molecule has 1 aromatic rings. The number of benzene rings is 1. The van der Waals surface area contributed by atoms with E-state index in [-0.39, 0.29) is 12.4 Å². The number of phenols is 1. The molecule has 1 fully saturated rings. The maximum Gasteiger partial charge on any atom is 0.123 e. The summed E-state index contributed by atoms with van der Waals surface area (Å²) in [5, 5.41) is 19.4. The van der Waals surface area contributed by atoms with E-state index in [1.807, 2.05) is 0 Å². The first-order valence-electron chi connectivity index (χ1n) is 6.43. The summed E-state index contributed by atoms with van der Waals surface area (Å²) in [7, 11) is 2.10. The van der Waals surface area contributed by atoms with E-state index in [1.54, 1.807) is 24.3 Å². The standard InChI is InChI=1S/C14H21NO3/c1-15-7-5-11(6-8-15)14(17)10-18-13-4-2-3-12(16)9-13/h2-4,9,11,14,16-17H,5-8,10H2,1H3. The Morgan fingerprint density at radius 1 is 1.39 bits per heavy atom. The molecule has 0 aliphatic carbocycles. The van der Waals surface area contributed by atoms with E-state index in [0.717, 1.165) is 25.9 Å². The van der Waals surface area contributed by atoms with Crippen molar-refractivity contribution < 1.29 is 14.9 Å². The fourth-order valence-corrected chi connectivity index (χ4v) is 2.30. The van der Waals surface area contributed by atoms with Gasteiger partial charge in [0, 0.05) is 6.07 Å². The average molecular weight is 251 g/mol. The molecule has 2 N–H and O–H groups in total. The Kier molecular flexibility index (Phi) is 4.44. The largest absolute Gasteiger partial charge is 0.508 e. The van der Waals surface area contributed by atoms with Gasteiger partial charge in [0.1, 0.15) is 18.1 Å². The topological polar surface area (TPSA) is 52.9 Å². The van der Waals surface area contributed by atoms with Crippen molar-refractivity contribution in [2.75, 3.05) is 26.7 Å². The Balaban J connectivity index is 1.79. The molecule has 18 heavy (non-hydrogen) atoms. The Labute approximate surface area is 108 Å². The molecule has 1 aromatic carbocycles. The molecule has 100 valence electrons. The second-order valence-corrected chi connectivity index (χ2v) is 5.02. The number of rotatable bonds is 4. The highest BCUT2D eigenvalue weighted by Gasteiger charge is 2.24. The van der Waals surface area contributed by atoms with Crippen LogP contribution in [0.2, 0.25) is 0 Å². The minimum atomic E-state index is -0.430. The molecule has 4 nitrogen and oxygen atoms in total. The van der Waals surface area contributed by atoms with Crippen molar-refractivity contribution in [2.45, 2.75) is 18.9 Å². The van der Waals surface area contributed by atoms with Gasteiger partial charge in [-0.2, -0.15) is 0 Å². The molecule has 1 aliphatic heterocycles. The van der Waals surface area contributed by atoms with E-state index < -0.39 is 6.10 Å². The van der Waals surface area contributed by atoms with Gasteiger partial charge in [-0.25, -0.2) is 0 Å². The lowest BCUT2D eigenvalue weighted by atomic mass is 9.92. The van der Waals surface area contributed by atoms with Gasteiger partial charge in [-0.15, -0.1) is 0 Å². The number of aromatic hydroxyl groups is 1. The molecule has 0 radical (unpaired) electrons. The van der Waals surface area contributed by atoms with Crippen LogP contribution in [-0.2, 0) is 0 Å². The van der Waals surface area contributed by atoms with Gasteiger partial charge in [-0.1, -0.05) is 6.07 Å². The third-order valence-electron chi connectivity index (χ3n) is 3.55. The van der Waals surface area contributed by atoms with Gasteiger partial charge < -0.3 is 19.8 Å². The summed E-state index contributed by atoms with van der Waals surface area (Å²) in [4.78, 5) is 2.28. The maximum atomic E-state index is 10.1. The van der Waals surface area contributed by atoms with Crippen molar-refractivity contribution >= 4 is 0 Å². The number of ether oxygens (including phenoxy) is 1. The first-order chi connectivity index (χ1) is 8.65. The SMILES string of the molecule is CN1CCC(C(O)COc2cccc(O)c2)CC1. The molecule has 0 saturated carbocycles. The zero-order valence-corrected chi connectivity index (χ0v) is 10.7. The first kappa shape index (κ1) is 13.2. The molecule has 4 heteroatoms. The molecule has 1 heterocycles. The number of likely N-dealkylation sites (tertiary alicyclic amines) is 1. The molecule has 1 atom stereocenters. The molecule has 0 aromatic heterocycles. The zero-order valence-electron chi connectivity index (χ0n) is 10.7. The Morgan fingerprint density at radius 2 is 2.11 bits per heavy atom. The van der Waals surface area contributed by atoms with E-state index in [2.05, 4.69) is 11.9 Å². The van der Waals surface area contributed by atoms with Gasteiger partial charge in [-0.3, -0.25) is 0 Å². The number of aliphatic hydroxyl groups excluding tert-OH is 1. The van der Waals surface area contributed by atoms with Crippen LogP contribution in [0.5, 0.6) is 11.5 Å². The third-order valence-corrected chi connectivity index (χ3v) is 3.55. The second-order valence-electron chi connectivity index (χ2n) is 5.02. The van der Waals surface area contributed by atoms with E-state index in [1.165, 1.54) is 0 Å². The van der Waals surface area contributed by atoms with Crippen LogP contribution in [0.4, 0.5) is 0 Å². The molecule has 1 aliphatic rings. The monoisotopic (exact) mass is 251 g/mol. The highest BCUT2D eigenvalue weighted by Crippen LogP contribution is 2.22. The van der Waals surface area contributed by atoms with Crippen LogP contribution in [0.25, 0.3) is 0 Å². The number of aliphatic hydroxyl groups is 1. The summed E-state index contributed by atoms with van der Waals surface area (Å²) in [6, 6.07) is 6.66.